The van der Waals surface area contributed by atoms with Crippen molar-refractivity contribution in [3.63, 3.8) is 0 Å². The average Bonchev–Trinajstić information content (AvgIpc) is 3.19. The molecule has 0 spiro atoms. The molecular formula is C28H34N4O5. The van der Waals surface area contributed by atoms with Gasteiger partial charge in [-0.05, 0) is 42.7 Å². The maximum absolute atomic E-state index is 13.4. The van der Waals surface area contributed by atoms with Crippen LogP contribution in [0.1, 0.15) is 65.8 Å². The minimum Gasteiger partial charge on any atom is -0.493 e. The monoisotopic (exact) mass is 506 g/mol. The molecule has 2 amide bonds. The van der Waals surface area contributed by atoms with Crippen molar-refractivity contribution in [3.05, 3.63) is 64.7 Å². The zero-order valence-electron chi connectivity index (χ0n) is 21.4. The highest BCUT2D eigenvalue weighted by Crippen LogP contribution is 2.42. The molecule has 5 atom stereocenters. The van der Waals surface area contributed by atoms with E-state index in [4.69, 9.17) is 14.9 Å². The Hall–Kier alpha value is -3.43. The minimum absolute atomic E-state index is 0.0418. The Labute approximate surface area is 216 Å². The second-order valence-electron chi connectivity index (χ2n) is 10.5. The number of amides is 2. The molecular weight excluding hydrogens is 472 g/mol. The average molecular weight is 507 g/mol. The van der Waals surface area contributed by atoms with Crippen molar-refractivity contribution < 1.29 is 24.2 Å². The summed E-state index contributed by atoms with van der Waals surface area (Å²) in [6.45, 7) is 4.59. The molecule has 1 aliphatic carbocycles. The van der Waals surface area contributed by atoms with Crippen molar-refractivity contribution in [1.82, 2.24) is 15.5 Å². The molecule has 2 aromatic carbocycles. The van der Waals surface area contributed by atoms with Crippen LogP contribution in [-0.4, -0.2) is 59.7 Å². The number of carbonyl (C=O) groups excluding carboxylic acids is 2. The molecule has 9 nitrogen and oxygen atoms in total. The van der Waals surface area contributed by atoms with E-state index in [0.717, 1.165) is 11.1 Å². The molecule has 0 bridgehead atoms. The van der Waals surface area contributed by atoms with Crippen molar-refractivity contribution in [3.8, 4) is 5.75 Å². The van der Waals surface area contributed by atoms with E-state index < -0.39 is 23.7 Å². The van der Waals surface area contributed by atoms with Gasteiger partial charge < -0.3 is 25.2 Å². The third kappa shape index (κ3) is 4.57. The Morgan fingerprint density at radius 3 is 2.81 bits per heavy atom. The van der Waals surface area contributed by atoms with Crippen LogP contribution < -0.4 is 15.4 Å². The number of methoxy groups -OCH3 is 1. The number of carbonyl (C=O) groups is 2. The molecule has 196 valence electrons. The summed E-state index contributed by atoms with van der Waals surface area (Å²) in [4.78, 5) is 28.2. The number of aliphatic hydroxyl groups is 1. The molecule has 0 aromatic heterocycles. The Balaban J connectivity index is 1.46. The van der Waals surface area contributed by atoms with Crippen LogP contribution in [-0.2, 0) is 16.0 Å². The highest BCUT2D eigenvalue weighted by Gasteiger charge is 2.45. The van der Waals surface area contributed by atoms with Gasteiger partial charge in [-0.25, -0.2) is 0 Å². The van der Waals surface area contributed by atoms with Crippen molar-refractivity contribution in [2.24, 2.45) is 5.92 Å². The lowest BCUT2D eigenvalue weighted by molar-refractivity contribution is -0.134. The molecule has 5 rings (SSSR count). The van der Waals surface area contributed by atoms with Crippen LogP contribution in [0.3, 0.4) is 0 Å². The number of nitrogens with zero attached hydrogens (tertiary/aromatic N) is 1. The van der Waals surface area contributed by atoms with E-state index in [1.54, 1.807) is 25.3 Å². The molecule has 2 aromatic rings. The Kier molecular flexibility index (Phi) is 6.68. The number of aliphatic hydroxyl groups excluding tert-OH is 1. The number of hydrogen-bond acceptors (Lipinski definition) is 6. The van der Waals surface area contributed by atoms with Crippen molar-refractivity contribution >= 4 is 17.8 Å². The Bertz CT molecular complexity index is 1210. The zero-order chi connectivity index (χ0) is 26.3. The molecule has 0 radical (unpaired) electrons. The fourth-order valence-electron chi connectivity index (χ4n) is 5.71. The number of guanidine groups is 1. The zero-order valence-corrected chi connectivity index (χ0v) is 21.4. The third-order valence-corrected chi connectivity index (χ3v) is 7.89. The van der Waals surface area contributed by atoms with Crippen LogP contribution in [0, 0.1) is 11.3 Å². The number of benzene rings is 2. The molecule has 4 N–H and O–H groups in total. The first-order valence-corrected chi connectivity index (χ1v) is 12.8. The third-order valence-electron chi connectivity index (χ3n) is 7.89. The highest BCUT2D eigenvalue weighted by atomic mass is 16.5. The number of fused-ring (bicyclic) bond motifs is 2. The maximum Gasteiger partial charge on any atom is 0.251 e. The predicted octanol–water partition coefficient (Wildman–Crippen LogP) is 2.70. The molecule has 3 aliphatic rings. The minimum atomic E-state index is -0.702. The first-order valence-electron chi connectivity index (χ1n) is 12.8. The van der Waals surface area contributed by atoms with Crippen molar-refractivity contribution in [1.29, 1.82) is 5.41 Å². The number of nitrogens with one attached hydrogen (secondary N) is 3. The number of hydrogen-bond donors (Lipinski definition) is 4. The molecule has 1 fully saturated rings. The van der Waals surface area contributed by atoms with Gasteiger partial charge in [-0.15, -0.1) is 0 Å². The molecule has 0 unspecified atom stereocenters. The summed E-state index contributed by atoms with van der Waals surface area (Å²) in [5, 5.41) is 25.5. The largest absolute Gasteiger partial charge is 0.493 e. The Morgan fingerprint density at radius 1 is 1.30 bits per heavy atom. The van der Waals surface area contributed by atoms with Crippen LogP contribution in [0.2, 0.25) is 0 Å². The standard InChI is InChI=1S/C28H34N4O5/c1-4-28(2)13-23(34)32(27(29)31-28)25-18(14-36-3)15-37-22-10-9-17(11-20(22)25)26(35)30-24-19-8-6-5-7-16(19)12-21(24)33/h5-11,18,21,24-25,33H,4,12-15H2,1-3H3,(H2,29,31)(H,30,35)/t18-,21+,24+,25+,28+/m0/s1. The second kappa shape index (κ2) is 9.79. The van der Waals surface area contributed by atoms with Gasteiger partial charge in [0.25, 0.3) is 5.91 Å². The Morgan fingerprint density at radius 2 is 2.08 bits per heavy atom. The normalized spacial score (nSPS) is 28.7. The van der Waals surface area contributed by atoms with Crippen LogP contribution in [0.4, 0.5) is 0 Å². The summed E-state index contributed by atoms with van der Waals surface area (Å²) in [6, 6.07) is 11.8. The van der Waals surface area contributed by atoms with Crippen LogP contribution >= 0.6 is 0 Å². The molecule has 37 heavy (non-hydrogen) atoms. The molecule has 2 aliphatic heterocycles. The first kappa shape index (κ1) is 25.2. The van der Waals surface area contributed by atoms with E-state index in [9.17, 15) is 14.7 Å². The van der Waals surface area contributed by atoms with Gasteiger partial charge in [0, 0.05) is 36.1 Å². The van der Waals surface area contributed by atoms with Gasteiger partial charge >= 0.3 is 0 Å². The molecule has 9 heteroatoms. The van der Waals surface area contributed by atoms with Gasteiger partial charge in [0.1, 0.15) is 5.75 Å². The second-order valence-corrected chi connectivity index (χ2v) is 10.5. The first-order chi connectivity index (χ1) is 17.7. The van der Waals surface area contributed by atoms with Gasteiger partial charge in [0.05, 0.1) is 37.8 Å². The van der Waals surface area contributed by atoms with Gasteiger partial charge in [0.2, 0.25) is 5.91 Å². The summed E-state index contributed by atoms with van der Waals surface area (Å²) in [7, 11) is 1.59. The van der Waals surface area contributed by atoms with E-state index in [1.807, 2.05) is 38.1 Å². The van der Waals surface area contributed by atoms with Crippen molar-refractivity contribution in [2.45, 2.75) is 56.8 Å². The van der Waals surface area contributed by atoms with Crippen molar-refractivity contribution in [2.75, 3.05) is 20.3 Å². The fraction of sp³-hybridized carbons (Fsp3) is 0.464. The van der Waals surface area contributed by atoms with E-state index in [1.165, 1.54) is 4.90 Å². The van der Waals surface area contributed by atoms with Gasteiger partial charge in [-0.1, -0.05) is 31.2 Å². The quantitative estimate of drug-likeness (QED) is 0.478. The molecule has 2 heterocycles. The summed E-state index contributed by atoms with van der Waals surface area (Å²) < 4.78 is 11.4. The summed E-state index contributed by atoms with van der Waals surface area (Å²) in [5.74, 6) is -0.0819. The summed E-state index contributed by atoms with van der Waals surface area (Å²) >= 11 is 0. The van der Waals surface area contributed by atoms with Gasteiger partial charge in [-0.3, -0.25) is 19.9 Å². The predicted molar refractivity (Wildman–Crippen MR) is 137 cm³/mol. The maximum atomic E-state index is 13.4. The van der Waals surface area contributed by atoms with Crippen LogP contribution in [0.25, 0.3) is 0 Å². The number of rotatable bonds is 6. The van der Waals surface area contributed by atoms with E-state index >= 15 is 0 Å². The summed E-state index contributed by atoms with van der Waals surface area (Å²) in [6.07, 6.45) is 0.758. The topological polar surface area (TPSA) is 124 Å². The number of ether oxygens (including phenoxy) is 2. The van der Waals surface area contributed by atoms with Gasteiger partial charge in [-0.2, -0.15) is 0 Å². The SMILES string of the molecule is CC[C@]1(C)CC(=O)N([C@H]2c3cc(C(=O)N[C@@H]4c5ccccc5C[C@H]4O)ccc3OC[C@@H]2COC)C(=N)N1. The fourth-order valence-corrected chi connectivity index (χ4v) is 5.71. The van der Waals surface area contributed by atoms with E-state index in [2.05, 4.69) is 10.6 Å². The molecule has 1 saturated heterocycles. The van der Waals surface area contributed by atoms with Gasteiger partial charge in [0.15, 0.2) is 5.96 Å². The lowest BCUT2D eigenvalue weighted by Gasteiger charge is -2.46. The molecule has 0 saturated carbocycles. The summed E-state index contributed by atoms with van der Waals surface area (Å²) in [5.41, 5.74) is 2.52. The lowest BCUT2D eigenvalue weighted by atomic mass is 9.85. The van der Waals surface area contributed by atoms with E-state index in [0.29, 0.717) is 42.9 Å². The smallest absolute Gasteiger partial charge is 0.251 e. The van der Waals surface area contributed by atoms with Crippen LogP contribution in [0.15, 0.2) is 42.5 Å². The van der Waals surface area contributed by atoms with Crippen LogP contribution in [0.5, 0.6) is 5.75 Å². The lowest BCUT2D eigenvalue weighted by Crippen LogP contribution is -2.62. The van der Waals surface area contributed by atoms with E-state index in [-0.39, 0.29) is 30.1 Å². The highest BCUT2D eigenvalue weighted by molar-refractivity contribution is 6.00.